The number of hydrogen-bond donors (Lipinski definition) is 0. The predicted octanol–water partition coefficient (Wildman–Crippen LogP) is 2.33. The normalized spacial score (nSPS) is 22.1. The molecule has 2 amide bonds. The van der Waals surface area contributed by atoms with Gasteiger partial charge in [0.2, 0.25) is 0 Å². The maximum Gasteiger partial charge on any atom is 0.417 e. The molecule has 7 nitrogen and oxygen atoms in total. The van der Waals surface area contributed by atoms with Crippen LogP contribution in [0.15, 0.2) is 5.11 Å². The van der Waals surface area contributed by atoms with Crippen molar-refractivity contribution in [1.82, 2.24) is 4.90 Å². The van der Waals surface area contributed by atoms with Gasteiger partial charge in [0.05, 0.1) is 5.92 Å². The SMILES string of the molecule is CC(C)(C)OC(=O)N1CC(CN=[N+]=[N-])C(F)(F)C1=O. The Balaban J connectivity index is 2.86. The van der Waals surface area contributed by atoms with Gasteiger partial charge in [-0.3, -0.25) is 4.79 Å². The number of amides is 2. The number of carbonyl (C=O) groups is 2. The summed E-state index contributed by atoms with van der Waals surface area (Å²) in [4.78, 5) is 25.8. The van der Waals surface area contributed by atoms with E-state index in [0.29, 0.717) is 4.90 Å². The largest absolute Gasteiger partial charge is 0.443 e. The van der Waals surface area contributed by atoms with Crippen molar-refractivity contribution >= 4 is 12.0 Å². The van der Waals surface area contributed by atoms with Crippen molar-refractivity contribution in [2.45, 2.75) is 32.3 Å². The topological polar surface area (TPSA) is 95.4 Å². The summed E-state index contributed by atoms with van der Waals surface area (Å²) in [6.07, 6.45) is -1.12. The number of halogens is 2. The minimum atomic E-state index is -3.73. The molecule has 1 aliphatic rings. The first-order valence-corrected chi connectivity index (χ1v) is 5.53. The summed E-state index contributed by atoms with van der Waals surface area (Å²) in [5.74, 6) is -6.88. The van der Waals surface area contributed by atoms with Crippen molar-refractivity contribution in [3.8, 4) is 0 Å². The van der Waals surface area contributed by atoms with Crippen LogP contribution in [0, 0.1) is 5.92 Å². The van der Waals surface area contributed by atoms with Crippen molar-refractivity contribution in [2.24, 2.45) is 11.0 Å². The smallest absolute Gasteiger partial charge is 0.417 e. The van der Waals surface area contributed by atoms with E-state index in [1.54, 1.807) is 20.8 Å². The highest BCUT2D eigenvalue weighted by Crippen LogP contribution is 2.35. The molecule has 19 heavy (non-hydrogen) atoms. The molecule has 1 fully saturated rings. The first-order chi connectivity index (χ1) is 8.59. The van der Waals surface area contributed by atoms with Crippen LogP contribution < -0.4 is 0 Å². The number of azide groups is 1. The van der Waals surface area contributed by atoms with E-state index in [9.17, 15) is 18.4 Å². The Kier molecular flexibility index (Phi) is 4.00. The molecule has 0 aromatic carbocycles. The molecule has 0 aliphatic carbocycles. The molecule has 106 valence electrons. The van der Waals surface area contributed by atoms with Gasteiger partial charge in [-0.25, -0.2) is 9.69 Å². The zero-order valence-corrected chi connectivity index (χ0v) is 10.8. The van der Waals surface area contributed by atoms with Crippen LogP contribution in [0.2, 0.25) is 0 Å². The standard InChI is InChI=1S/C10H14F2N4O3/c1-9(2,3)19-8(18)16-5-6(4-14-15-13)10(11,12)7(16)17/h6H,4-5H2,1-3H3. The molecular formula is C10H14F2N4O3. The zero-order chi connectivity index (χ0) is 14.8. The van der Waals surface area contributed by atoms with Gasteiger partial charge in [0.1, 0.15) is 5.60 Å². The Morgan fingerprint density at radius 1 is 1.63 bits per heavy atom. The predicted molar refractivity (Wildman–Crippen MR) is 60.4 cm³/mol. The summed E-state index contributed by atoms with van der Waals surface area (Å²) in [6, 6.07) is 0. The Morgan fingerprint density at radius 3 is 2.68 bits per heavy atom. The fourth-order valence-electron chi connectivity index (χ4n) is 1.55. The van der Waals surface area contributed by atoms with Crippen LogP contribution in [0.1, 0.15) is 20.8 Å². The average Bonchev–Trinajstić information content (AvgIpc) is 2.46. The lowest BCUT2D eigenvalue weighted by Gasteiger charge is -2.23. The van der Waals surface area contributed by atoms with Crippen molar-refractivity contribution in [1.29, 1.82) is 0 Å². The van der Waals surface area contributed by atoms with E-state index in [1.807, 2.05) is 0 Å². The summed E-state index contributed by atoms with van der Waals surface area (Å²) in [6.45, 7) is 3.58. The molecule has 9 heteroatoms. The third kappa shape index (κ3) is 3.31. The second-order valence-electron chi connectivity index (χ2n) is 5.13. The third-order valence-electron chi connectivity index (χ3n) is 2.43. The minimum Gasteiger partial charge on any atom is -0.443 e. The van der Waals surface area contributed by atoms with E-state index in [4.69, 9.17) is 10.3 Å². The number of nitrogens with zero attached hydrogens (tertiary/aromatic N) is 4. The van der Waals surface area contributed by atoms with Gasteiger partial charge in [0.15, 0.2) is 0 Å². The Morgan fingerprint density at radius 2 is 2.21 bits per heavy atom. The third-order valence-corrected chi connectivity index (χ3v) is 2.43. The first-order valence-electron chi connectivity index (χ1n) is 5.53. The number of hydrogen-bond acceptors (Lipinski definition) is 4. The molecule has 0 saturated carbocycles. The Labute approximate surface area is 108 Å². The molecule has 1 unspecified atom stereocenters. The first kappa shape index (κ1) is 15.2. The number of likely N-dealkylation sites (tertiary alicyclic amines) is 1. The molecule has 0 spiro atoms. The van der Waals surface area contributed by atoms with Crippen LogP contribution in [0.4, 0.5) is 13.6 Å². The zero-order valence-electron chi connectivity index (χ0n) is 10.8. The fraction of sp³-hybridized carbons (Fsp3) is 0.800. The molecule has 0 aromatic rings. The van der Waals surface area contributed by atoms with Gasteiger partial charge in [-0.2, -0.15) is 8.78 Å². The fourth-order valence-corrected chi connectivity index (χ4v) is 1.55. The van der Waals surface area contributed by atoms with Crippen molar-refractivity contribution < 1.29 is 23.1 Å². The van der Waals surface area contributed by atoms with Crippen molar-refractivity contribution in [2.75, 3.05) is 13.1 Å². The van der Waals surface area contributed by atoms with E-state index in [-0.39, 0.29) is 0 Å². The lowest BCUT2D eigenvalue weighted by atomic mass is 10.1. The summed E-state index contributed by atoms with van der Waals surface area (Å²) >= 11 is 0. The summed E-state index contributed by atoms with van der Waals surface area (Å²) in [5.41, 5.74) is 7.22. The van der Waals surface area contributed by atoms with Crippen LogP contribution in [-0.4, -0.2) is 41.5 Å². The number of ether oxygens (including phenoxy) is 1. The van der Waals surface area contributed by atoms with Gasteiger partial charge >= 0.3 is 17.9 Å². The van der Waals surface area contributed by atoms with E-state index in [2.05, 4.69) is 10.0 Å². The maximum absolute atomic E-state index is 13.6. The van der Waals surface area contributed by atoms with E-state index >= 15 is 0 Å². The molecule has 0 aromatic heterocycles. The molecule has 0 radical (unpaired) electrons. The van der Waals surface area contributed by atoms with Crippen LogP contribution in [0.3, 0.4) is 0 Å². The van der Waals surface area contributed by atoms with Crippen LogP contribution in [-0.2, 0) is 9.53 Å². The van der Waals surface area contributed by atoms with E-state index < -0.39 is 42.5 Å². The second kappa shape index (κ2) is 5.00. The highest BCUT2D eigenvalue weighted by molar-refractivity contribution is 5.98. The van der Waals surface area contributed by atoms with Crippen LogP contribution >= 0.6 is 0 Å². The van der Waals surface area contributed by atoms with Gasteiger partial charge in [-0.05, 0) is 26.3 Å². The van der Waals surface area contributed by atoms with Crippen molar-refractivity contribution in [3.63, 3.8) is 0 Å². The van der Waals surface area contributed by atoms with E-state index in [0.717, 1.165) is 0 Å². The number of rotatable bonds is 2. The molecule has 0 N–H and O–H groups in total. The number of imide groups is 1. The highest BCUT2D eigenvalue weighted by atomic mass is 19.3. The number of carbonyl (C=O) groups excluding carboxylic acids is 2. The maximum atomic E-state index is 13.6. The van der Waals surface area contributed by atoms with Gasteiger partial charge in [-0.1, -0.05) is 5.11 Å². The lowest BCUT2D eigenvalue weighted by Crippen LogP contribution is -2.41. The monoisotopic (exact) mass is 276 g/mol. The van der Waals surface area contributed by atoms with E-state index in [1.165, 1.54) is 0 Å². The number of alkyl halides is 2. The average molecular weight is 276 g/mol. The molecule has 1 saturated heterocycles. The van der Waals surface area contributed by atoms with Gasteiger partial charge in [0, 0.05) is 18.0 Å². The summed E-state index contributed by atoms with van der Waals surface area (Å²) in [5, 5.41) is 3.02. The molecule has 1 atom stereocenters. The minimum absolute atomic E-state index is 0.350. The molecule has 0 bridgehead atoms. The van der Waals surface area contributed by atoms with Crippen LogP contribution in [0.25, 0.3) is 10.4 Å². The highest BCUT2D eigenvalue weighted by Gasteiger charge is 2.58. The van der Waals surface area contributed by atoms with Gasteiger partial charge in [-0.15, -0.1) is 0 Å². The molecular weight excluding hydrogens is 262 g/mol. The molecule has 1 heterocycles. The van der Waals surface area contributed by atoms with Gasteiger partial charge in [0.25, 0.3) is 0 Å². The summed E-state index contributed by atoms with van der Waals surface area (Å²) < 4.78 is 32.0. The lowest BCUT2D eigenvalue weighted by molar-refractivity contribution is -0.150. The second-order valence-corrected chi connectivity index (χ2v) is 5.13. The Hall–Kier alpha value is -1.89. The molecule has 1 aliphatic heterocycles. The Bertz CT molecular complexity index is 441. The van der Waals surface area contributed by atoms with Gasteiger partial charge < -0.3 is 4.74 Å². The molecule has 1 rings (SSSR count). The van der Waals surface area contributed by atoms with Crippen LogP contribution in [0.5, 0.6) is 0 Å². The summed E-state index contributed by atoms with van der Waals surface area (Å²) in [7, 11) is 0. The quantitative estimate of drug-likeness (QED) is 0.440. The van der Waals surface area contributed by atoms with Crippen molar-refractivity contribution in [3.05, 3.63) is 10.4 Å².